The molecule has 3 N–H and O–H groups in total. The lowest BCUT2D eigenvalue weighted by Crippen LogP contribution is -2.29. The molecule has 0 aromatic heterocycles. The number of carbonyl (C=O) groups excluding carboxylic acids is 3. The van der Waals surface area contributed by atoms with Crippen molar-refractivity contribution in [2.75, 3.05) is 0 Å². The number of rotatable bonds is 4. The predicted molar refractivity (Wildman–Crippen MR) is 90.3 cm³/mol. The highest BCUT2D eigenvalue weighted by Crippen LogP contribution is 2.24. The predicted octanol–water partition coefficient (Wildman–Crippen LogP) is 2.25. The van der Waals surface area contributed by atoms with E-state index >= 15 is 0 Å². The van der Waals surface area contributed by atoms with E-state index in [1.807, 2.05) is 0 Å². The Labute approximate surface area is 144 Å². The number of hydrogen-bond donors (Lipinski definition) is 3. The monoisotopic (exact) mass is 336 g/mol. The summed E-state index contributed by atoms with van der Waals surface area (Å²) < 4.78 is 0. The largest absolute Gasteiger partial charge is 0.377 e. The van der Waals surface area contributed by atoms with Crippen LogP contribution in [0.3, 0.4) is 0 Å². The van der Waals surface area contributed by atoms with Crippen LogP contribution in [0.5, 0.6) is 0 Å². The van der Waals surface area contributed by atoms with Crippen molar-refractivity contribution in [2.45, 2.75) is 13.5 Å². The van der Waals surface area contributed by atoms with E-state index in [1.165, 1.54) is 0 Å². The van der Waals surface area contributed by atoms with E-state index in [1.54, 1.807) is 60.9 Å². The molecule has 0 aliphatic heterocycles. The molecule has 2 aromatic carbocycles. The van der Waals surface area contributed by atoms with Gasteiger partial charge >= 0.3 is 0 Å². The van der Waals surface area contributed by atoms with Crippen molar-refractivity contribution in [2.24, 2.45) is 0 Å². The molecule has 0 heterocycles. The molecule has 0 atom stereocenters. The van der Waals surface area contributed by atoms with E-state index < -0.39 is 5.91 Å². The number of Topliss-reactive ketones (excluding diaryl/α,β-unsaturated/α-hetero) is 2. The number of carbonyl (C=O) groups is 3. The summed E-state index contributed by atoms with van der Waals surface area (Å²) in [4.78, 5) is 36.3. The van der Waals surface area contributed by atoms with Gasteiger partial charge in [-0.3, -0.25) is 19.6 Å². The van der Waals surface area contributed by atoms with Crippen molar-refractivity contribution in [3.8, 4) is 0 Å². The van der Waals surface area contributed by atoms with Crippen LogP contribution in [0.15, 0.2) is 59.8 Å². The van der Waals surface area contributed by atoms with Crippen LogP contribution in [0.4, 0.5) is 0 Å². The average molecular weight is 336 g/mol. The van der Waals surface area contributed by atoms with Crippen LogP contribution in [-0.2, 0) is 6.54 Å². The highest BCUT2D eigenvalue weighted by atomic mass is 16.5. The van der Waals surface area contributed by atoms with Crippen molar-refractivity contribution >= 4 is 17.5 Å². The Morgan fingerprint density at radius 1 is 0.960 bits per heavy atom. The van der Waals surface area contributed by atoms with Gasteiger partial charge in [0.2, 0.25) is 5.78 Å². The fourth-order valence-corrected chi connectivity index (χ4v) is 2.74. The number of benzene rings is 2. The second-order valence-electron chi connectivity index (χ2n) is 5.70. The molecule has 0 saturated heterocycles. The van der Waals surface area contributed by atoms with Gasteiger partial charge in [-0.2, -0.15) is 0 Å². The maximum atomic E-state index is 12.6. The van der Waals surface area contributed by atoms with Crippen molar-refractivity contribution in [3.05, 3.63) is 82.1 Å². The summed E-state index contributed by atoms with van der Waals surface area (Å²) in [6.45, 7) is 1.96. The highest BCUT2D eigenvalue weighted by Gasteiger charge is 2.29. The van der Waals surface area contributed by atoms with Gasteiger partial charge in [0.1, 0.15) is 0 Å². The number of allylic oxidation sites excluding steroid dienone is 2. The van der Waals surface area contributed by atoms with Gasteiger partial charge in [0, 0.05) is 28.8 Å². The van der Waals surface area contributed by atoms with Crippen molar-refractivity contribution in [1.29, 1.82) is 0 Å². The third kappa shape index (κ3) is 3.07. The normalized spacial score (nSPS) is 13.5. The molecule has 25 heavy (non-hydrogen) atoms. The average Bonchev–Trinajstić information content (AvgIpc) is 2.66. The molecule has 0 spiro atoms. The topological polar surface area (TPSA) is 95.5 Å². The zero-order valence-electron chi connectivity index (χ0n) is 13.5. The third-order valence-electron chi connectivity index (χ3n) is 4.15. The number of nitrogens with one attached hydrogen (secondary N) is 2. The summed E-state index contributed by atoms with van der Waals surface area (Å²) in [6.07, 6.45) is 0. The van der Waals surface area contributed by atoms with Crippen molar-refractivity contribution in [3.63, 3.8) is 0 Å². The molecular formula is C19H16N2O4. The molecule has 3 rings (SSSR count). The van der Waals surface area contributed by atoms with E-state index in [0.29, 0.717) is 34.5 Å². The minimum atomic E-state index is -0.595. The molecule has 6 nitrogen and oxygen atoms in total. The van der Waals surface area contributed by atoms with Gasteiger partial charge in [-0.1, -0.05) is 36.4 Å². The Bertz CT molecular complexity index is 898. The smallest absolute Gasteiger partial charge is 0.274 e. The Kier molecular flexibility index (Phi) is 4.45. The first kappa shape index (κ1) is 16.6. The fraction of sp³-hybridized carbons (Fsp3) is 0.105. The molecule has 0 fully saturated rings. The summed E-state index contributed by atoms with van der Waals surface area (Å²) >= 11 is 0. The van der Waals surface area contributed by atoms with Crippen LogP contribution in [0.25, 0.3) is 0 Å². The van der Waals surface area contributed by atoms with Crippen LogP contribution in [-0.4, -0.2) is 22.7 Å². The first-order chi connectivity index (χ1) is 12.0. The lowest BCUT2D eigenvalue weighted by molar-refractivity contribution is 0.0706. The molecule has 0 saturated carbocycles. The van der Waals surface area contributed by atoms with Crippen LogP contribution < -0.4 is 10.8 Å². The van der Waals surface area contributed by atoms with Crippen LogP contribution in [0.2, 0.25) is 0 Å². The van der Waals surface area contributed by atoms with E-state index in [-0.39, 0.29) is 11.6 Å². The zero-order valence-corrected chi connectivity index (χ0v) is 13.5. The number of hydrogen-bond acceptors (Lipinski definition) is 5. The van der Waals surface area contributed by atoms with Gasteiger partial charge in [0.25, 0.3) is 5.91 Å². The summed E-state index contributed by atoms with van der Waals surface area (Å²) in [6, 6.07) is 13.3. The fourth-order valence-electron chi connectivity index (χ4n) is 2.74. The first-order valence-electron chi connectivity index (χ1n) is 7.69. The van der Waals surface area contributed by atoms with Crippen LogP contribution in [0, 0.1) is 0 Å². The van der Waals surface area contributed by atoms with Gasteiger partial charge < -0.3 is 5.32 Å². The van der Waals surface area contributed by atoms with Gasteiger partial charge in [-0.05, 0) is 24.6 Å². The summed E-state index contributed by atoms with van der Waals surface area (Å²) in [7, 11) is 0. The quantitative estimate of drug-likeness (QED) is 0.588. The van der Waals surface area contributed by atoms with Gasteiger partial charge in [0.05, 0.1) is 5.70 Å². The number of amides is 1. The SMILES string of the molecule is CC1=C(NCc2ccc(C(=O)NO)cc2)C(=O)c2ccccc2C1=O. The van der Waals surface area contributed by atoms with E-state index in [4.69, 9.17) is 5.21 Å². The van der Waals surface area contributed by atoms with E-state index in [2.05, 4.69) is 5.32 Å². The standard InChI is InChI=1S/C19H16N2O4/c1-11-16(18(23)15-5-3-2-4-14(15)17(11)22)20-10-12-6-8-13(9-7-12)19(24)21-25/h2-9,20,25H,10H2,1H3,(H,21,24). The van der Waals surface area contributed by atoms with Gasteiger partial charge in [0.15, 0.2) is 5.78 Å². The molecule has 6 heteroatoms. The number of hydroxylamine groups is 1. The molecule has 1 aliphatic carbocycles. The zero-order chi connectivity index (χ0) is 18.0. The van der Waals surface area contributed by atoms with Crippen molar-refractivity contribution in [1.82, 2.24) is 10.8 Å². The molecule has 1 aliphatic rings. The first-order valence-corrected chi connectivity index (χ1v) is 7.69. The van der Waals surface area contributed by atoms with Crippen LogP contribution in [0.1, 0.15) is 43.6 Å². The second-order valence-corrected chi connectivity index (χ2v) is 5.70. The highest BCUT2D eigenvalue weighted by molar-refractivity contribution is 6.26. The van der Waals surface area contributed by atoms with E-state index in [9.17, 15) is 14.4 Å². The molecule has 0 unspecified atom stereocenters. The molecule has 0 bridgehead atoms. The number of ketones is 2. The minimum Gasteiger partial charge on any atom is -0.377 e. The Morgan fingerprint density at radius 2 is 1.56 bits per heavy atom. The summed E-state index contributed by atoms with van der Waals surface area (Å²) in [5, 5.41) is 11.6. The minimum absolute atomic E-state index is 0.160. The Balaban J connectivity index is 1.79. The maximum Gasteiger partial charge on any atom is 0.274 e. The molecule has 126 valence electrons. The molecule has 0 radical (unpaired) electrons. The van der Waals surface area contributed by atoms with Crippen LogP contribution >= 0.6 is 0 Å². The lowest BCUT2D eigenvalue weighted by Gasteiger charge is -2.20. The summed E-state index contributed by atoms with van der Waals surface area (Å²) in [5.74, 6) is -0.959. The molecule has 1 amide bonds. The second kappa shape index (κ2) is 6.70. The Morgan fingerprint density at radius 3 is 2.16 bits per heavy atom. The molecule has 2 aromatic rings. The van der Waals surface area contributed by atoms with E-state index in [0.717, 1.165) is 5.56 Å². The van der Waals surface area contributed by atoms with Crippen molar-refractivity contribution < 1.29 is 19.6 Å². The maximum absolute atomic E-state index is 12.6. The third-order valence-corrected chi connectivity index (χ3v) is 4.15. The van der Waals surface area contributed by atoms with Gasteiger partial charge in [-0.25, -0.2) is 5.48 Å². The van der Waals surface area contributed by atoms with Gasteiger partial charge in [-0.15, -0.1) is 0 Å². The molecular weight excluding hydrogens is 320 g/mol. The Hall–Kier alpha value is -3.25. The summed E-state index contributed by atoms with van der Waals surface area (Å²) in [5.41, 5.74) is 4.22. The lowest BCUT2D eigenvalue weighted by atomic mass is 9.88. The number of fused-ring (bicyclic) bond motifs is 1.